The van der Waals surface area contributed by atoms with Crippen molar-refractivity contribution in [3.8, 4) is 0 Å². The maximum absolute atomic E-state index is 12.8. The number of rotatable bonds is 1. The first kappa shape index (κ1) is 13.3. The molecule has 1 amide bonds. The van der Waals surface area contributed by atoms with Crippen LogP contribution in [0.4, 0.5) is 0 Å². The summed E-state index contributed by atoms with van der Waals surface area (Å²) in [6, 6.07) is 0. The molecule has 0 aliphatic carbocycles. The Morgan fingerprint density at radius 2 is 2.38 bits per heavy atom. The van der Waals surface area contributed by atoms with Crippen molar-refractivity contribution in [2.45, 2.75) is 26.2 Å². The van der Waals surface area contributed by atoms with E-state index in [9.17, 15) is 4.79 Å². The lowest BCUT2D eigenvalue weighted by atomic mass is 9.82. The Labute approximate surface area is 127 Å². The van der Waals surface area contributed by atoms with E-state index in [-0.39, 0.29) is 11.3 Å². The number of thiazole rings is 1. The lowest BCUT2D eigenvalue weighted by Gasteiger charge is -2.32. The zero-order valence-corrected chi connectivity index (χ0v) is 13.0. The molecule has 21 heavy (non-hydrogen) atoms. The van der Waals surface area contributed by atoms with Gasteiger partial charge in [-0.2, -0.15) is 0 Å². The molecule has 0 N–H and O–H groups in total. The number of hydrogen-bond acceptors (Lipinski definition) is 4. The molecular formula is C15H19N3O2S. The minimum Gasteiger partial charge on any atom is -0.381 e. The van der Waals surface area contributed by atoms with Crippen LogP contribution in [0, 0.1) is 12.3 Å². The van der Waals surface area contributed by atoms with Gasteiger partial charge in [-0.15, -0.1) is 0 Å². The SMILES string of the molecule is Cc1c(C(=O)N2CCC3(CCCOC3)C2)sc2nccn12. The van der Waals surface area contributed by atoms with Crippen molar-refractivity contribution < 1.29 is 9.53 Å². The van der Waals surface area contributed by atoms with Crippen molar-refractivity contribution in [3.63, 3.8) is 0 Å². The average Bonchev–Trinajstić information content (AvgIpc) is 3.17. The molecular weight excluding hydrogens is 286 g/mol. The van der Waals surface area contributed by atoms with Gasteiger partial charge in [0.05, 0.1) is 6.61 Å². The van der Waals surface area contributed by atoms with Crippen molar-refractivity contribution in [3.05, 3.63) is 23.0 Å². The number of likely N-dealkylation sites (tertiary alicyclic amines) is 1. The van der Waals surface area contributed by atoms with Gasteiger partial charge >= 0.3 is 0 Å². The van der Waals surface area contributed by atoms with Crippen molar-refractivity contribution in [2.75, 3.05) is 26.3 Å². The monoisotopic (exact) mass is 305 g/mol. The van der Waals surface area contributed by atoms with Crippen LogP contribution in [0.5, 0.6) is 0 Å². The third-order valence-corrected chi connectivity index (χ3v) is 5.97. The fourth-order valence-corrected chi connectivity index (χ4v) is 4.63. The van der Waals surface area contributed by atoms with Crippen LogP contribution in [0.3, 0.4) is 0 Å². The smallest absolute Gasteiger partial charge is 0.265 e. The number of imidazole rings is 1. The van der Waals surface area contributed by atoms with Crippen LogP contribution in [0.2, 0.25) is 0 Å². The van der Waals surface area contributed by atoms with Crippen LogP contribution in [-0.4, -0.2) is 46.5 Å². The highest BCUT2D eigenvalue weighted by molar-refractivity contribution is 7.19. The van der Waals surface area contributed by atoms with Gasteiger partial charge in [0.1, 0.15) is 4.88 Å². The van der Waals surface area contributed by atoms with Crippen LogP contribution in [0.1, 0.15) is 34.6 Å². The molecule has 1 unspecified atom stereocenters. The lowest BCUT2D eigenvalue weighted by Crippen LogP contribution is -2.37. The number of aryl methyl sites for hydroxylation is 1. The average molecular weight is 305 g/mol. The van der Waals surface area contributed by atoms with E-state index in [0.29, 0.717) is 0 Å². The van der Waals surface area contributed by atoms with E-state index in [0.717, 1.165) is 54.7 Å². The molecule has 0 aromatic carbocycles. The predicted molar refractivity (Wildman–Crippen MR) is 80.8 cm³/mol. The number of nitrogens with zero attached hydrogens (tertiary/aromatic N) is 3. The number of fused-ring (bicyclic) bond motifs is 1. The summed E-state index contributed by atoms with van der Waals surface area (Å²) in [6.07, 6.45) is 7.06. The molecule has 2 aromatic heterocycles. The zero-order valence-electron chi connectivity index (χ0n) is 12.2. The Hall–Kier alpha value is -1.40. The molecule has 4 heterocycles. The largest absolute Gasteiger partial charge is 0.381 e. The molecule has 1 spiro atoms. The molecule has 2 saturated heterocycles. The molecule has 0 bridgehead atoms. The number of carbonyl (C=O) groups is 1. The van der Waals surface area contributed by atoms with Gasteiger partial charge in [0, 0.05) is 43.2 Å². The maximum Gasteiger partial charge on any atom is 0.265 e. The summed E-state index contributed by atoms with van der Waals surface area (Å²) in [5.74, 6) is 0.158. The van der Waals surface area contributed by atoms with Crippen molar-refractivity contribution in [2.24, 2.45) is 5.41 Å². The Kier molecular flexibility index (Phi) is 3.04. The van der Waals surface area contributed by atoms with Gasteiger partial charge in [0.2, 0.25) is 0 Å². The van der Waals surface area contributed by atoms with Crippen LogP contribution < -0.4 is 0 Å². The van der Waals surface area contributed by atoms with Gasteiger partial charge in [-0.3, -0.25) is 9.20 Å². The van der Waals surface area contributed by atoms with Crippen molar-refractivity contribution in [1.82, 2.24) is 14.3 Å². The highest BCUT2D eigenvalue weighted by Crippen LogP contribution is 2.39. The van der Waals surface area contributed by atoms with Gasteiger partial charge in [-0.25, -0.2) is 4.98 Å². The topological polar surface area (TPSA) is 46.8 Å². The van der Waals surface area contributed by atoms with Crippen LogP contribution in [0.15, 0.2) is 12.4 Å². The fraction of sp³-hybridized carbons (Fsp3) is 0.600. The number of carbonyl (C=O) groups excluding carboxylic acids is 1. The first-order valence-electron chi connectivity index (χ1n) is 7.48. The number of amides is 1. The number of hydrogen-bond donors (Lipinski definition) is 0. The van der Waals surface area contributed by atoms with Crippen LogP contribution in [-0.2, 0) is 4.74 Å². The first-order chi connectivity index (χ1) is 10.2. The maximum atomic E-state index is 12.8. The van der Waals surface area contributed by atoms with Crippen LogP contribution in [0.25, 0.3) is 4.96 Å². The lowest BCUT2D eigenvalue weighted by molar-refractivity contribution is -0.00157. The van der Waals surface area contributed by atoms with Crippen LogP contribution >= 0.6 is 11.3 Å². The van der Waals surface area contributed by atoms with Gasteiger partial charge in [-0.1, -0.05) is 11.3 Å². The molecule has 2 aliphatic rings. The van der Waals surface area contributed by atoms with Crippen molar-refractivity contribution in [1.29, 1.82) is 0 Å². The van der Waals surface area contributed by atoms with E-state index < -0.39 is 0 Å². The standard InChI is InChI=1S/C15H19N3O2S/c1-11-12(21-14-16-5-7-18(11)14)13(19)17-6-4-15(9-17)3-2-8-20-10-15/h5,7H,2-4,6,8-10H2,1H3. The number of ether oxygens (including phenoxy) is 1. The summed E-state index contributed by atoms with van der Waals surface area (Å²) >= 11 is 1.49. The normalized spacial score (nSPS) is 26.0. The summed E-state index contributed by atoms with van der Waals surface area (Å²) in [4.78, 5) is 20.8. The molecule has 2 aliphatic heterocycles. The molecule has 2 aromatic rings. The third kappa shape index (κ3) is 2.08. The zero-order chi connectivity index (χ0) is 14.4. The van der Waals surface area contributed by atoms with E-state index in [1.165, 1.54) is 17.8 Å². The van der Waals surface area contributed by atoms with Gasteiger partial charge < -0.3 is 9.64 Å². The molecule has 2 fully saturated rings. The van der Waals surface area contributed by atoms with Gasteiger partial charge in [-0.05, 0) is 26.2 Å². The van der Waals surface area contributed by atoms with E-state index in [2.05, 4.69) is 4.98 Å². The molecule has 4 rings (SSSR count). The summed E-state index contributed by atoms with van der Waals surface area (Å²) in [6.45, 7) is 5.36. The fourth-order valence-electron chi connectivity index (χ4n) is 3.58. The summed E-state index contributed by atoms with van der Waals surface area (Å²) < 4.78 is 7.64. The van der Waals surface area contributed by atoms with Gasteiger partial charge in [0.25, 0.3) is 5.91 Å². The Balaban J connectivity index is 1.58. The predicted octanol–water partition coefficient (Wildman–Crippen LogP) is 2.35. The summed E-state index contributed by atoms with van der Waals surface area (Å²) in [5, 5.41) is 0. The quantitative estimate of drug-likeness (QED) is 0.812. The summed E-state index contributed by atoms with van der Waals surface area (Å²) in [7, 11) is 0. The molecule has 6 heteroatoms. The number of aromatic nitrogens is 2. The highest BCUT2D eigenvalue weighted by atomic mass is 32.1. The minimum atomic E-state index is 0.158. The van der Waals surface area contributed by atoms with E-state index in [4.69, 9.17) is 4.74 Å². The molecule has 112 valence electrons. The highest BCUT2D eigenvalue weighted by Gasteiger charge is 2.42. The molecule has 0 saturated carbocycles. The Bertz CT molecular complexity index is 684. The molecule has 1 atom stereocenters. The molecule has 0 radical (unpaired) electrons. The second-order valence-electron chi connectivity index (χ2n) is 6.23. The van der Waals surface area contributed by atoms with E-state index in [1.54, 1.807) is 6.20 Å². The minimum absolute atomic E-state index is 0.158. The third-order valence-electron chi connectivity index (χ3n) is 4.81. The Morgan fingerprint density at radius 3 is 3.14 bits per heavy atom. The molecule has 5 nitrogen and oxygen atoms in total. The Morgan fingerprint density at radius 1 is 1.48 bits per heavy atom. The van der Waals surface area contributed by atoms with Crippen molar-refractivity contribution >= 4 is 22.2 Å². The van der Waals surface area contributed by atoms with Gasteiger partial charge in [0.15, 0.2) is 4.96 Å². The second kappa shape index (κ2) is 4.81. The summed E-state index contributed by atoms with van der Waals surface area (Å²) in [5.41, 5.74) is 1.21. The van der Waals surface area contributed by atoms with E-state index in [1.807, 2.05) is 22.4 Å². The first-order valence-corrected chi connectivity index (χ1v) is 8.30. The second-order valence-corrected chi connectivity index (χ2v) is 7.21. The van der Waals surface area contributed by atoms with E-state index >= 15 is 0 Å².